The normalized spacial score (nSPS) is 13.2. The van der Waals surface area contributed by atoms with Crippen LogP contribution < -0.4 is 0 Å². The Bertz CT molecular complexity index is 277. The lowest BCUT2D eigenvalue weighted by atomic mass is 10.1. The lowest BCUT2D eigenvalue weighted by Crippen LogP contribution is -2.01. The summed E-state index contributed by atoms with van der Waals surface area (Å²) in [6, 6.07) is 10.3. The maximum Gasteiger partial charge on any atom is 0.0721 e. The molecule has 0 radical (unpaired) electrons. The summed E-state index contributed by atoms with van der Waals surface area (Å²) in [5.41, 5.74) is 1.29. The van der Waals surface area contributed by atoms with Crippen LogP contribution in [0.25, 0.3) is 0 Å². The molecular formula is C14H20O. The highest BCUT2D eigenvalue weighted by molar-refractivity contribution is 5.17. The van der Waals surface area contributed by atoms with Crippen LogP contribution in [0.3, 0.4) is 0 Å². The Morgan fingerprint density at radius 2 is 2.00 bits per heavy atom. The Labute approximate surface area is 92.5 Å². The first-order valence-corrected chi connectivity index (χ1v) is 5.71. The van der Waals surface area contributed by atoms with Crippen molar-refractivity contribution in [2.75, 3.05) is 0 Å². The van der Waals surface area contributed by atoms with Crippen LogP contribution in [0.4, 0.5) is 0 Å². The molecule has 1 rings (SSSR count). The summed E-state index contributed by atoms with van der Waals surface area (Å²) in [4.78, 5) is 0. The second-order valence-corrected chi connectivity index (χ2v) is 3.83. The lowest BCUT2D eigenvalue weighted by Gasteiger charge is -2.03. The van der Waals surface area contributed by atoms with Gasteiger partial charge in [0.15, 0.2) is 0 Å². The van der Waals surface area contributed by atoms with Crippen LogP contribution in [-0.2, 0) is 6.42 Å². The zero-order chi connectivity index (χ0) is 10.9. The van der Waals surface area contributed by atoms with Crippen LogP contribution in [0.15, 0.2) is 42.5 Å². The third-order valence-electron chi connectivity index (χ3n) is 2.41. The van der Waals surface area contributed by atoms with Gasteiger partial charge in [0.1, 0.15) is 0 Å². The molecule has 15 heavy (non-hydrogen) atoms. The highest BCUT2D eigenvalue weighted by Crippen LogP contribution is 2.04. The van der Waals surface area contributed by atoms with Crippen molar-refractivity contribution in [1.82, 2.24) is 0 Å². The van der Waals surface area contributed by atoms with Gasteiger partial charge < -0.3 is 5.11 Å². The first kappa shape index (κ1) is 12.0. The quantitative estimate of drug-likeness (QED) is 0.705. The van der Waals surface area contributed by atoms with Gasteiger partial charge in [-0.1, -0.05) is 62.2 Å². The Morgan fingerprint density at radius 1 is 1.27 bits per heavy atom. The summed E-state index contributed by atoms with van der Waals surface area (Å²) < 4.78 is 0. The van der Waals surface area contributed by atoms with E-state index in [9.17, 15) is 5.11 Å². The smallest absolute Gasteiger partial charge is 0.0721 e. The lowest BCUT2D eigenvalue weighted by molar-refractivity contribution is 0.209. The SMILES string of the molecule is CCCCC(O)/C=C/Cc1ccccc1. The van der Waals surface area contributed by atoms with Crippen molar-refractivity contribution < 1.29 is 5.11 Å². The minimum Gasteiger partial charge on any atom is -0.389 e. The molecule has 1 aromatic carbocycles. The fourth-order valence-electron chi connectivity index (χ4n) is 1.48. The summed E-state index contributed by atoms with van der Waals surface area (Å²) in [6.45, 7) is 2.14. The predicted molar refractivity (Wildman–Crippen MR) is 64.8 cm³/mol. The number of hydrogen-bond donors (Lipinski definition) is 1. The van der Waals surface area contributed by atoms with Crippen molar-refractivity contribution >= 4 is 0 Å². The summed E-state index contributed by atoms with van der Waals surface area (Å²) in [7, 11) is 0. The fraction of sp³-hybridized carbons (Fsp3) is 0.429. The number of hydrogen-bond acceptors (Lipinski definition) is 1. The number of aliphatic hydroxyl groups excluding tert-OH is 1. The highest BCUT2D eigenvalue weighted by atomic mass is 16.3. The topological polar surface area (TPSA) is 20.2 Å². The molecule has 0 heterocycles. The average molecular weight is 204 g/mol. The largest absolute Gasteiger partial charge is 0.389 e. The van der Waals surface area contributed by atoms with Gasteiger partial charge in [0.05, 0.1) is 6.10 Å². The Balaban J connectivity index is 2.27. The fourth-order valence-corrected chi connectivity index (χ4v) is 1.48. The van der Waals surface area contributed by atoms with Crippen LogP contribution in [0, 0.1) is 0 Å². The Hall–Kier alpha value is -1.08. The van der Waals surface area contributed by atoms with E-state index in [2.05, 4.69) is 25.1 Å². The Kier molecular flexibility index (Phi) is 5.79. The molecule has 0 aromatic heterocycles. The number of allylic oxidation sites excluding steroid dienone is 1. The van der Waals surface area contributed by atoms with Crippen LogP contribution in [0.5, 0.6) is 0 Å². The molecule has 0 aliphatic carbocycles. The Morgan fingerprint density at radius 3 is 2.67 bits per heavy atom. The molecule has 0 saturated heterocycles. The zero-order valence-corrected chi connectivity index (χ0v) is 9.39. The van der Waals surface area contributed by atoms with Crippen LogP contribution >= 0.6 is 0 Å². The van der Waals surface area contributed by atoms with Gasteiger partial charge in [-0.05, 0) is 18.4 Å². The van der Waals surface area contributed by atoms with Gasteiger partial charge in [-0.2, -0.15) is 0 Å². The predicted octanol–water partition coefficient (Wildman–Crippen LogP) is 3.34. The molecule has 0 aliphatic rings. The summed E-state index contributed by atoms with van der Waals surface area (Å²) >= 11 is 0. The van der Waals surface area contributed by atoms with Crippen molar-refractivity contribution in [3.05, 3.63) is 48.0 Å². The molecule has 0 amide bonds. The first-order valence-electron chi connectivity index (χ1n) is 5.71. The van der Waals surface area contributed by atoms with E-state index in [0.29, 0.717) is 0 Å². The van der Waals surface area contributed by atoms with Crippen molar-refractivity contribution in [3.63, 3.8) is 0 Å². The average Bonchev–Trinajstić information content (AvgIpc) is 2.28. The molecule has 0 fully saturated rings. The van der Waals surface area contributed by atoms with E-state index >= 15 is 0 Å². The molecule has 1 heteroatoms. The van der Waals surface area contributed by atoms with E-state index in [0.717, 1.165) is 25.7 Å². The number of rotatable bonds is 6. The summed E-state index contributed by atoms with van der Waals surface area (Å²) in [6.07, 6.45) is 7.71. The molecular weight excluding hydrogens is 184 g/mol. The van der Waals surface area contributed by atoms with Gasteiger partial charge in [-0.3, -0.25) is 0 Å². The summed E-state index contributed by atoms with van der Waals surface area (Å²) in [5, 5.41) is 9.57. The molecule has 0 saturated carbocycles. The second kappa shape index (κ2) is 7.24. The van der Waals surface area contributed by atoms with Gasteiger partial charge >= 0.3 is 0 Å². The minimum atomic E-state index is -0.270. The van der Waals surface area contributed by atoms with Crippen molar-refractivity contribution in [3.8, 4) is 0 Å². The van der Waals surface area contributed by atoms with Gasteiger partial charge in [-0.25, -0.2) is 0 Å². The molecule has 1 N–H and O–H groups in total. The standard InChI is InChI=1S/C14H20O/c1-2-3-11-14(15)12-7-10-13-8-5-4-6-9-13/h4-9,12,14-15H,2-3,10-11H2,1H3/b12-7+. The minimum absolute atomic E-state index is 0.270. The van der Waals surface area contributed by atoms with E-state index in [1.165, 1.54) is 5.56 Å². The van der Waals surface area contributed by atoms with E-state index in [1.807, 2.05) is 24.3 Å². The number of aliphatic hydroxyl groups is 1. The van der Waals surface area contributed by atoms with Crippen molar-refractivity contribution in [1.29, 1.82) is 0 Å². The molecule has 0 aliphatic heterocycles. The monoisotopic (exact) mass is 204 g/mol. The van der Waals surface area contributed by atoms with Gasteiger partial charge in [0.2, 0.25) is 0 Å². The highest BCUT2D eigenvalue weighted by Gasteiger charge is 1.96. The van der Waals surface area contributed by atoms with Crippen molar-refractivity contribution in [2.45, 2.75) is 38.7 Å². The van der Waals surface area contributed by atoms with Crippen molar-refractivity contribution in [2.24, 2.45) is 0 Å². The molecule has 82 valence electrons. The van der Waals surface area contributed by atoms with E-state index in [-0.39, 0.29) is 6.10 Å². The van der Waals surface area contributed by atoms with Gasteiger partial charge in [0, 0.05) is 0 Å². The maximum absolute atomic E-state index is 9.57. The third kappa shape index (κ3) is 5.38. The summed E-state index contributed by atoms with van der Waals surface area (Å²) in [5.74, 6) is 0. The molecule has 1 aromatic rings. The zero-order valence-electron chi connectivity index (χ0n) is 9.39. The maximum atomic E-state index is 9.57. The van der Waals surface area contributed by atoms with Crippen LogP contribution in [-0.4, -0.2) is 11.2 Å². The van der Waals surface area contributed by atoms with Gasteiger partial charge in [-0.15, -0.1) is 0 Å². The molecule has 1 nitrogen and oxygen atoms in total. The number of unbranched alkanes of at least 4 members (excludes halogenated alkanes) is 1. The van der Waals surface area contributed by atoms with Crippen LogP contribution in [0.1, 0.15) is 31.7 Å². The second-order valence-electron chi connectivity index (χ2n) is 3.83. The van der Waals surface area contributed by atoms with Crippen LogP contribution in [0.2, 0.25) is 0 Å². The molecule has 1 atom stereocenters. The van der Waals surface area contributed by atoms with E-state index < -0.39 is 0 Å². The van der Waals surface area contributed by atoms with E-state index in [1.54, 1.807) is 0 Å². The number of benzene rings is 1. The molecule has 0 spiro atoms. The molecule has 0 bridgehead atoms. The first-order chi connectivity index (χ1) is 7.33. The molecule has 1 unspecified atom stereocenters. The van der Waals surface area contributed by atoms with E-state index in [4.69, 9.17) is 0 Å². The van der Waals surface area contributed by atoms with Gasteiger partial charge in [0.25, 0.3) is 0 Å². The third-order valence-corrected chi connectivity index (χ3v) is 2.41.